The molecule has 5 rings (SSSR count). The van der Waals surface area contributed by atoms with Crippen LogP contribution in [0.15, 0.2) is 103 Å². The Kier molecular flexibility index (Phi) is 10.6. The van der Waals surface area contributed by atoms with Gasteiger partial charge in [0.05, 0.1) is 0 Å². The summed E-state index contributed by atoms with van der Waals surface area (Å²) in [4.78, 5) is 12.2. The highest BCUT2D eigenvalue weighted by molar-refractivity contribution is 5.99. The molecule has 0 fully saturated rings. The van der Waals surface area contributed by atoms with Crippen LogP contribution in [-0.4, -0.2) is 37.6 Å². The summed E-state index contributed by atoms with van der Waals surface area (Å²) in [6, 6.07) is 32.6. The molecule has 0 spiro atoms. The highest BCUT2D eigenvalue weighted by Gasteiger charge is 2.15. The van der Waals surface area contributed by atoms with Gasteiger partial charge in [-0.2, -0.15) is 5.21 Å². The number of aromatic nitrogens is 4. The van der Waals surface area contributed by atoms with E-state index in [0.717, 1.165) is 47.3 Å². The highest BCUT2D eigenvalue weighted by Crippen LogP contribution is 2.26. The molecule has 0 aliphatic heterocycles. The molecule has 0 saturated heterocycles. The topological polar surface area (TPSA) is 101 Å². The van der Waals surface area contributed by atoms with Crippen molar-refractivity contribution in [2.24, 2.45) is 5.92 Å². The van der Waals surface area contributed by atoms with Crippen molar-refractivity contribution in [2.45, 2.75) is 65.1 Å². The smallest absolute Gasteiger partial charge is 0.204 e. The number of ketones is 1. The zero-order chi connectivity index (χ0) is 32.5. The fourth-order valence-electron chi connectivity index (χ4n) is 5.32. The van der Waals surface area contributed by atoms with E-state index in [0.29, 0.717) is 18.0 Å². The van der Waals surface area contributed by atoms with Gasteiger partial charge in [0, 0.05) is 16.7 Å². The molecule has 5 aromatic rings. The maximum atomic E-state index is 12.2. The van der Waals surface area contributed by atoms with Crippen molar-refractivity contribution >= 4 is 11.9 Å². The number of tetrazole rings is 1. The highest BCUT2D eigenvalue weighted by atomic mass is 16.5. The first-order chi connectivity index (χ1) is 22.2. The number of Topliss-reactive ketones (excluding diaryl/α,β-unsaturated/α-hetero) is 1. The molecule has 0 radical (unpaired) electrons. The number of aliphatic hydroxyl groups is 1. The molecule has 4 aromatic carbocycles. The second-order valence-corrected chi connectivity index (χ2v) is 12.8. The van der Waals surface area contributed by atoms with Crippen LogP contribution < -0.4 is 4.74 Å². The molecule has 0 amide bonds. The van der Waals surface area contributed by atoms with Crippen LogP contribution in [0.25, 0.3) is 17.5 Å². The summed E-state index contributed by atoms with van der Waals surface area (Å²) in [7, 11) is 0. The third-order valence-corrected chi connectivity index (χ3v) is 8.16. The quantitative estimate of drug-likeness (QED) is 0.131. The van der Waals surface area contributed by atoms with E-state index in [-0.39, 0.29) is 17.1 Å². The van der Waals surface area contributed by atoms with E-state index in [4.69, 9.17) is 4.74 Å². The number of aliphatic hydroxyl groups excluding tert-OH is 1. The number of nitrogens with one attached hydrogen (secondary N) is 1. The van der Waals surface area contributed by atoms with Gasteiger partial charge in [0.2, 0.25) is 5.82 Å². The molecule has 46 heavy (non-hydrogen) atoms. The number of H-pyrrole nitrogens is 1. The van der Waals surface area contributed by atoms with Crippen molar-refractivity contribution in [2.75, 3.05) is 0 Å². The standard InChI is InChI=1S/C39H42N4O3/c1-27(44)37(45)33-19-14-30(15-20-33)25-29(10-9-28-11-21-34(22-12-28)38-40-42-43-41-38)13-18-32-7-5-6-8-36(32)46-26-31-16-23-35(24-17-31)39(2,3)4/h5-8,11-24,27,29,44H,9-10,25-26H2,1-4H3,(H,40,41,42,43)/b18-13+/t27-,29?/m0/s1. The van der Waals surface area contributed by atoms with Gasteiger partial charge >= 0.3 is 0 Å². The van der Waals surface area contributed by atoms with Crippen LogP contribution >= 0.6 is 0 Å². The minimum Gasteiger partial charge on any atom is -0.488 e. The number of rotatable bonds is 13. The van der Waals surface area contributed by atoms with Crippen molar-refractivity contribution in [1.29, 1.82) is 0 Å². The van der Waals surface area contributed by atoms with Crippen molar-refractivity contribution in [3.8, 4) is 17.1 Å². The third kappa shape index (κ3) is 8.86. The minimum absolute atomic E-state index is 0.115. The van der Waals surface area contributed by atoms with Gasteiger partial charge in [0.1, 0.15) is 18.5 Å². The lowest BCUT2D eigenvalue weighted by Gasteiger charge is -2.19. The molecule has 236 valence electrons. The zero-order valence-electron chi connectivity index (χ0n) is 27.0. The summed E-state index contributed by atoms with van der Waals surface area (Å²) in [5, 5.41) is 24.0. The molecule has 2 N–H and O–H groups in total. The maximum Gasteiger partial charge on any atom is 0.204 e. The van der Waals surface area contributed by atoms with Gasteiger partial charge in [-0.05, 0) is 71.1 Å². The van der Waals surface area contributed by atoms with Crippen LogP contribution in [0.2, 0.25) is 0 Å². The lowest BCUT2D eigenvalue weighted by atomic mass is 9.87. The maximum absolute atomic E-state index is 12.2. The summed E-state index contributed by atoms with van der Waals surface area (Å²) in [5.41, 5.74) is 7.38. The van der Waals surface area contributed by atoms with E-state index < -0.39 is 6.10 Å². The lowest BCUT2D eigenvalue weighted by Crippen LogP contribution is -2.16. The number of carbonyl (C=O) groups is 1. The van der Waals surface area contributed by atoms with Gasteiger partial charge in [0.25, 0.3) is 0 Å². The molecule has 1 heterocycles. The average Bonchev–Trinajstić information content (AvgIpc) is 3.61. The van der Waals surface area contributed by atoms with Crippen LogP contribution in [0.4, 0.5) is 0 Å². The van der Waals surface area contributed by atoms with Crippen LogP contribution in [0.1, 0.15) is 72.3 Å². The number of benzene rings is 4. The molecule has 2 atom stereocenters. The van der Waals surface area contributed by atoms with Crippen molar-refractivity contribution < 1.29 is 14.6 Å². The minimum atomic E-state index is -1.02. The largest absolute Gasteiger partial charge is 0.488 e. The molecule has 0 aliphatic rings. The molecular formula is C39H42N4O3. The number of allylic oxidation sites excluding steroid dienone is 1. The molecular weight excluding hydrogens is 572 g/mol. The number of aromatic amines is 1. The number of nitrogens with zero attached hydrogens (tertiary/aromatic N) is 3. The van der Waals surface area contributed by atoms with E-state index in [2.05, 4.69) is 96.0 Å². The second kappa shape index (κ2) is 14.9. The third-order valence-electron chi connectivity index (χ3n) is 8.16. The average molecular weight is 615 g/mol. The van der Waals surface area contributed by atoms with Gasteiger partial charge in [-0.15, -0.1) is 10.2 Å². The van der Waals surface area contributed by atoms with Crippen molar-refractivity contribution in [3.63, 3.8) is 0 Å². The van der Waals surface area contributed by atoms with Crippen LogP contribution in [-0.2, 0) is 24.9 Å². The molecule has 0 bridgehead atoms. The van der Waals surface area contributed by atoms with Gasteiger partial charge in [-0.1, -0.05) is 124 Å². The number of carbonyl (C=O) groups excluding carboxylic acids is 1. The molecule has 0 aliphatic carbocycles. The first-order valence-corrected chi connectivity index (χ1v) is 15.8. The Balaban J connectivity index is 1.30. The van der Waals surface area contributed by atoms with Gasteiger partial charge in [0.15, 0.2) is 5.78 Å². The van der Waals surface area contributed by atoms with E-state index in [1.807, 2.05) is 42.5 Å². The predicted molar refractivity (Wildman–Crippen MR) is 183 cm³/mol. The number of aryl methyl sites for hydroxylation is 1. The lowest BCUT2D eigenvalue weighted by molar-refractivity contribution is 0.0779. The Morgan fingerprint density at radius 2 is 1.57 bits per heavy atom. The van der Waals surface area contributed by atoms with Gasteiger partial charge in [-0.3, -0.25) is 4.79 Å². The fourth-order valence-corrected chi connectivity index (χ4v) is 5.32. The summed E-state index contributed by atoms with van der Waals surface area (Å²) in [6.07, 6.45) is 6.04. The Hall–Kier alpha value is -4.88. The van der Waals surface area contributed by atoms with E-state index >= 15 is 0 Å². The monoisotopic (exact) mass is 614 g/mol. The fraction of sp³-hybridized carbons (Fsp3) is 0.282. The molecule has 1 unspecified atom stereocenters. The number of ether oxygens (including phenoxy) is 1. The van der Waals surface area contributed by atoms with Crippen molar-refractivity contribution in [3.05, 3.63) is 137 Å². The van der Waals surface area contributed by atoms with Gasteiger partial charge in [-0.25, -0.2) is 0 Å². The van der Waals surface area contributed by atoms with E-state index in [9.17, 15) is 9.90 Å². The van der Waals surface area contributed by atoms with E-state index in [1.54, 1.807) is 12.1 Å². The van der Waals surface area contributed by atoms with Crippen LogP contribution in [0, 0.1) is 5.92 Å². The summed E-state index contributed by atoms with van der Waals surface area (Å²) in [5.74, 6) is 1.38. The van der Waals surface area contributed by atoms with Gasteiger partial charge < -0.3 is 9.84 Å². The molecule has 1 aromatic heterocycles. The van der Waals surface area contributed by atoms with Crippen molar-refractivity contribution in [1.82, 2.24) is 20.6 Å². The molecule has 0 saturated carbocycles. The Morgan fingerprint density at radius 1 is 0.891 bits per heavy atom. The second-order valence-electron chi connectivity index (χ2n) is 12.8. The number of para-hydroxylation sites is 1. The van der Waals surface area contributed by atoms with E-state index in [1.165, 1.54) is 18.1 Å². The summed E-state index contributed by atoms with van der Waals surface area (Å²) in [6.45, 7) is 8.65. The predicted octanol–water partition coefficient (Wildman–Crippen LogP) is 7.81. The first kappa shape index (κ1) is 32.5. The molecule has 7 nitrogen and oxygen atoms in total. The van der Waals surface area contributed by atoms with Crippen LogP contribution in [0.5, 0.6) is 5.75 Å². The van der Waals surface area contributed by atoms with Crippen LogP contribution in [0.3, 0.4) is 0 Å². The summed E-state index contributed by atoms with van der Waals surface area (Å²) >= 11 is 0. The Morgan fingerprint density at radius 3 is 2.22 bits per heavy atom. The Labute approximate surface area is 271 Å². The number of hydrogen-bond donors (Lipinski definition) is 2. The Bertz CT molecular complexity index is 1720. The number of hydrogen-bond acceptors (Lipinski definition) is 6. The zero-order valence-corrected chi connectivity index (χ0v) is 27.0. The SMILES string of the molecule is C[C@H](O)C(=O)c1ccc(CC(/C=C/c2ccccc2OCc2ccc(C(C)(C)C)cc2)CCc2ccc(-c3nn[nH]n3)cc2)cc1. The normalized spacial score (nSPS) is 13.1. The summed E-state index contributed by atoms with van der Waals surface area (Å²) < 4.78 is 6.30. The molecule has 7 heteroatoms. The first-order valence-electron chi connectivity index (χ1n) is 15.8.